The zero-order chi connectivity index (χ0) is 29.8. The summed E-state index contributed by atoms with van der Waals surface area (Å²) < 4.78 is 0. The standard InChI is InChI=1S/C30H38N6O5/c1-19(2)13-24(28(38)36-26(30(40)41)15-21-11-7-4-8-12-21)35-29(39)25(16-22-17-32-18-33-22)34-27(37)23(31)14-20-9-5-3-6-10-20/h3-12,17-19,23-26H,13-16,31H2,1-2H3,(H,32,33)(H,34,37)(H,35,39)(H,36,38)(H,40,41). The summed E-state index contributed by atoms with van der Waals surface area (Å²) in [5.41, 5.74) is 8.37. The number of hydrogen-bond donors (Lipinski definition) is 6. The van der Waals surface area contributed by atoms with Crippen LogP contribution in [0.2, 0.25) is 0 Å². The van der Waals surface area contributed by atoms with Gasteiger partial charge in [0.1, 0.15) is 18.1 Å². The molecule has 0 aliphatic rings. The molecule has 3 aromatic rings. The molecule has 0 aliphatic heterocycles. The topological polar surface area (TPSA) is 179 Å². The third kappa shape index (κ3) is 10.2. The number of rotatable bonds is 15. The van der Waals surface area contributed by atoms with Crippen molar-refractivity contribution in [2.45, 2.75) is 63.7 Å². The lowest BCUT2D eigenvalue weighted by Gasteiger charge is -2.26. The smallest absolute Gasteiger partial charge is 0.326 e. The lowest BCUT2D eigenvalue weighted by molar-refractivity contribution is -0.142. The molecule has 0 spiro atoms. The second-order valence-corrected chi connectivity index (χ2v) is 10.4. The van der Waals surface area contributed by atoms with Crippen molar-refractivity contribution in [2.24, 2.45) is 11.7 Å². The first kappa shape index (κ1) is 31.0. The van der Waals surface area contributed by atoms with E-state index in [1.165, 1.54) is 12.5 Å². The molecule has 3 rings (SSSR count). The molecule has 11 heteroatoms. The molecule has 11 nitrogen and oxygen atoms in total. The minimum Gasteiger partial charge on any atom is -0.480 e. The maximum absolute atomic E-state index is 13.5. The number of carboxylic acid groups (broad SMARTS) is 1. The van der Waals surface area contributed by atoms with Crippen LogP contribution in [0.4, 0.5) is 0 Å². The van der Waals surface area contributed by atoms with Crippen molar-refractivity contribution in [1.82, 2.24) is 25.9 Å². The summed E-state index contributed by atoms with van der Waals surface area (Å²) in [7, 11) is 0. The van der Waals surface area contributed by atoms with Crippen LogP contribution in [0.5, 0.6) is 0 Å². The number of nitrogens with two attached hydrogens (primary N) is 1. The van der Waals surface area contributed by atoms with Crippen LogP contribution >= 0.6 is 0 Å². The number of benzene rings is 2. The van der Waals surface area contributed by atoms with Gasteiger partial charge >= 0.3 is 5.97 Å². The average molecular weight is 563 g/mol. The number of carbonyl (C=O) groups is 4. The van der Waals surface area contributed by atoms with Crippen molar-refractivity contribution in [1.29, 1.82) is 0 Å². The Morgan fingerprint density at radius 1 is 0.780 bits per heavy atom. The number of H-pyrrole nitrogens is 1. The molecule has 1 aromatic heterocycles. The highest BCUT2D eigenvalue weighted by Gasteiger charge is 2.31. The van der Waals surface area contributed by atoms with E-state index < -0.39 is 47.9 Å². The largest absolute Gasteiger partial charge is 0.480 e. The second-order valence-electron chi connectivity index (χ2n) is 10.4. The van der Waals surface area contributed by atoms with E-state index in [-0.39, 0.29) is 31.6 Å². The lowest BCUT2D eigenvalue weighted by atomic mass is 10.0. The summed E-state index contributed by atoms with van der Waals surface area (Å²) in [6.07, 6.45) is 3.70. The van der Waals surface area contributed by atoms with Gasteiger partial charge in [-0.25, -0.2) is 9.78 Å². The Bertz CT molecular complexity index is 1270. The quantitative estimate of drug-likeness (QED) is 0.162. The van der Waals surface area contributed by atoms with Crippen molar-refractivity contribution >= 4 is 23.7 Å². The summed E-state index contributed by atoms with van der Waals surface area (Å²) in [6, 6.07) is 14.1. The number of aliphatic carboxylic acids is 1. The number of hydrogen-bond acceptors (Lipinski definition) is 6. The maximum Gasteiger partial charge on any atom is 0.326 e. The van der Waals surface area contributed by atoms with Gasteiger partial charge in [-0.3, -0.25) is 14.4 Å². The Balaban J connectivity index is 1.73. The van der Waals surface area contributed by atoms with Gasteiger partial charge in [0.2, 0.25) is 17.7 Å². The molecule has 41 heavy (non-hydrogen) atoms. The zero-order valence-electron chi connectivity index (χ0n) is 23.2. The van der Waals surface area contributed by atoms with Crippen LogP contribution in [0.1, 0.15) is 37.1 Å². The molecule has 4 atom stereocenters. The van der Waals surface area contributed by atoms with Crippen LogP contribution < -0.4 is 21.7 Å². The highest BCUT2D eigenvalue weighted by Crippen LogP contribution is 2.10. The minimum atomic E-state index is -1.19. The predicted molar refractivity (Wildman–Crippen MR) is 153 cm³/mol. The van der Waals surface area contributed by atoms with Crippen molar-refractivity contribution < 1.29 is 24.3 Å². The molecule has 3 amide bonds. The average Bonchev–Trinajstić information content (AvgIpc) is 3.46. The van der Waals surface area contributed by atoms with Gasteiger partial charge in [-0.1, -0.05) is 74.5 Å². The van der Waals surface area contributed by atoms with E-state index in [0.717, 1.165) is 11.1 Å². The van der Waals surface area contributed by atoms with Gasteiger partial charge in [-0.2, -0.15) is 0 Å². The second kappa shape index (κ2) is 15.3. The molecule has 0 fully saturated rings. The van der Waals surface area contributed by atoms with Crippen molar-refractivity contribution in [3.05, 3.63) is 90.0 Å². The Hall–Kier alpha value is -4.51. The third-order valence-corrected chi connectivity index (χ3v) is 6.48. The molecule has 218 valence electrons. The fourth-order valence-electron chi connectivity index (χ4n) is 4.36. The normalized spacial score (nSPS) is 14.0. The number of nitrogens with zero attached hydrogens (tertiary/aromatic N) is 1. The molecule has 0 bridgehead atoms. The summed E-state index contributed by atoms with van der Waals surface area (Å²) in [5.74, 6) is -2.93. The van der Waals surface area contributed by atoms with E-state index in [9.17, 15) is 24.3 Å². The summed E-state index contributed by atoms with van der Waals surface area (Å²) in [4.78, 5) is 58.6. The first-order valence-electron chi connectivity index (χ1n) is 13.6. The Morgan fingerprint density at radius 3 is 1.85 bits per heavy atom. The molecule has 0 saturated carbocycles. The van der Waals surface area contributed by atoms with Crippen LogP contribution in [-0.2, 0) is 38.4 Å². The maximum atomic E-state index is 13.5. The van der Waals surface area contributed by atoms with Gasteiger partial charge in [0, 0.05) is 24.7 Å². The molecule has 1 heterocycles. The van der Waals surface area contributed by atoms with E-state index in [4.69, 9.17) is 5.73 Å². The molecule has 4 unspecified atom stereocenters. The fraction of sp³-hybridized carbons (Fsp3) is 0.367. The fourth-order valence-corrected chi connectivity index (χ4v) is 4.36. The number of aromatic nitrogens is 2. The van der Waals surface area contributed by atoms with Crippen LogP contribution in [0.25, 0.3) is 0 Å². The molecular weight excluding hydrogens is 524 g/mol. The first-order valence-corrected chi connectivity index (χ1v) is 13.6. The van der Waals surface area contributed by atoms with Crippen molar-refractivity contribution in [2.75, 3.05) is 0 Å². The number of carboxylic acids is 1. The van der Waals surface area contributed by atoms with Crippen LogP contribution in [0.3, 0.4) is 0 Å². The van der Waals surface area contributed by atoms with Crippen LogP contribution in [0, 0.1) is 5.92 Å². The molecule has 7 N–H and O–H groups in total. The lowest BCUT2D eigenvalue weighted by Crippen LogP contribution is -2.58. The van der Waals surface area contributed by atoms with Crippen LogP contribution in [-0.4, -0.2) is 62.9 Å². The third-order valence-electron chi connectivity index (χ3n) is 6.48. The van der Waals surface area contributed by atoms with E-state index in [1.54, 1.807) is 24.3 Å². The zero-order valence-corrected chi connectivity index (χ0v) is 23.2. The number of carbonyl (C=O) groups excluding carboxylic acids is 3. The molecular formula is C30H38N6O5. The molecule has 2 aromatic carbocycles. The van der Waals surface area contributed by atoms with Gasteiger partial charge in [0.15, 0.2) is 0 Å². The first-order chi connectivity index (χ1) is 19.6. The molecule has 0 saturated heterocycles. The van der Waals surface area contributed by atoms with E-state index in [0.29, 0.717) is 5.69 Å². The number of aromatic amines is 1. The Morgan fingerprint density at radius 2 is 1.32 bits per heavy atom. The van der Waals surface area contributed by atoms with E-state index >= 15 is 0 Å². The van der Waals surface area contributed by atoms with Gasteiger partial charge < -0.3 is 31.8 Å². The van der Waals surface area contributed by atoms with Gasteiger partial charge in [-0.15, -0.1) is 0 Å². The van der Waals surface area contributed by atoms with Gasteiger partial charge in [0.25, 0.3) is 0 Å². The van der Waals surface area contributed by atoms with E-state index in [1.807, 2.05) is 50.2 Å². The van der Waals surface area contributed by atoms with Crippen LogP contribution in [0.15, 0.2) is 73.2 Å². The van der Waals surface area contributed by atoms with Gasteiger partial charge in [-0.05, 0) is 29.9 Å². The van der Waals surface area contributed by atoms with Gasteiger partial charge in [0.05, 0.1) is 12.4 Å². The highest BCUT2D eigenvalue weighted by molar-refractivity contribution is 5.94. The SMILES string of the molecule is CC(C)CC(NC(=O)C(Cc1cnc[nH]1)NC(=O)C(N)Cc1ccccc1)C(=O)NC(Cc1ccccc1)C(=O)O. The Kier molecular flexibility index (Phi) is 11.6. The number of imidazole rings is 1. The summed E-state index contributed by atoms with van der Waals surface area (Å²) >= 11 is 0. The summed E-state index contributed by atoms with van der Waals surface area (Å²) in [5, 5.41) is 17.8. The molecule has 0 radical (unpaired) electrons. The number of amides is 3. The Labute approximate surface area is 239 Å². The summed E-state index contributed by atoms with van der Waals surface area (Å²) in [6.45, 7) is 3.77. The monoisotopic (exact) mass is 562 g/mol. The molecule has 0 aliphatic carbocycles. The number of nitrogens with one attached hydrogen (secondary N) is 4. The van der Waals surface area contributed by atoms with E-state index in [2.05, 4.69) is 25.9 Å². The van der Waals surface area contributed by atoms with Crippen molar-refractivity contribution in [3.63, 3.8) is 0 Å². The predicted octanol–water partition coefficient (Wildman–Crippen LogP) is 1.35. The minimum absolute atomic E-state index is 0.00314. The highest BCUT2D eigenvalue weighted by atomic mass is 16.4. The van der Waals surface area contributed by atoms with Crippen molar-refractivity contribution in [3.8, 4) is 0 Å².